The zero-order valence-electron chi connectivity index (χ0n) is 38.5. The first-order valence-corrected chi connectivity index (χ1v) is 23.9. The van der Waals surface area contributed by atoms with Gasteiger partial charge in [-0.2, -0.15) is 0 Å². The molecule has 0 radical (unpaired) electrons. The topological polar surface area (TPSA) is 213 Å². The SMILES string of the molecule is C/C1=C\C=C\C(C)C2(O)CC(OC(=O)N2)C(C)C2OC2(C)C(OC(=O)C(C)N(C)C(=O)CCSC2CC(=O)N(CC3CCC(C(=O)O)CC3)C2=O)CC(=O)N(C)c2cc(cc(C)c2Cl)C1. The fraction of sp³-hybridized carbons (Fsp3) is 0.638. The van der Waals surface area contributed by atoms with Crippen molar-refractivity contribution in [3.05, 3.63) is 52.1 Å². The van der Waals surface area contributed by atoms with Crippen LogP contribution in [-0.2, 0) is 49.4 Å². The highest BCUT2D eigenvalue weighted by Crippen LogP contribution is 2.49. The number of ether oxygens (including phenoxy) is 3. The summed E-state index contributed by atoms with van der Waals surface area (Å²) in [5.41, 5.74) is 0.247. The number of aliphatic carboxylic acids is 1. The molecule has 0 aromatic heterocycles. The number of carbonyl (C=O) groups excluding carboxylic acids is 6. The summed E-state index contributed by atoms with van der Waals surface area (Å²) >= 11 is 8.02. The average molecular weight is 944 g/mol. The molecule has 1 aromatic rings. The van der Waals surface area contributed by atoms with E-state index in [0.29, 0.717) is 42.8 Å². The Morgan fingerprint density at radius 2 is 1.77 bits per heavy atom. The molecule has 9 atom stereocenters. The third-order valence-corrected chi connectivity index (χ3v) is 15.8. The number of likely N-dealkylation sites (tertiary alicyclic amines) is 1. The smallest absolute Gasteiger partial charge is 0.409 e. The van der Waals surface area contributed by atoms with E-state index in [0.717, 1.165) is 16.7 Å². The number of aliphatic hydroxyl groups is 1. The highest BCUT2D eigenvalue weighted by molar-refractivity contribution is 8.00. The molecule has 3 N–H and O–H groups in total. The molecule has 3 saturated heterocycles. The molecule has 1 saturated carbocycles. The molecule has 9 unspecified atom stereocenters. The molecule has 6 rings (SSSR count). The van der Waals surface area contributed by atoms with E-state index in [1.165, 1.54) is 40.4 Å². The van der Waals surface area contributed by atoms with E-state index in [1.54, 1.807) is 20.9 Å². The first-order chi connectivity index (χ1) is 30.5. The number of hydrogen-bond acceptors (Lipinski definition) is 12. The van der Waals surface area contributed by atoms with Crippen molar-refractivity contribution in [3.8, 4) is 0 Å². The van der Waals surface area contributed by atoms with Crippen molar-refractivity contribution in [1.29, 1.82) is 0 Å². The summed E-state index contributed by atoms with van der Waals surface area (Å²) in [6, 6.07) is 2.70. The van der Waals surface area contributed by atoms with Crippen molar-refractivity contribution in [3.63, 3.8) is 0 Å². The van der Waals surface area contributed by atoms with E-state index in [1.807, 2.05) is 51.1 Å². The van der Waals surface area contributed by atoms with E-state index in [9.17, 15) is 43.8 Å². The number of anilines is 1. The number of halogens is 1. The summed E-state index contributed by atoms with van der Waals surface area (Å²) in [5, 5.41) is 23.4. The summed E-state index contributed by atoms with van der Waals surface area (Å²) in [7, 11) is 3.06. The Bertz CT molecular complexity index is 2130. The lowest BCUT2D eigenvalue weighted by molar-refractivity contribution is -0.162. The van der Waals surface area contributed by atoms with Crippen molar-refractivity contribution < 1.29 is 58.0 Å². The number of imide groups is 1. The molecule has 1 aromatic carbocycles. The van der Waals surface area contributed by atoms with Crippen LogP contribution < -0.4 is 10.2 Å². The number of carbonyl (C=O) groups is 7. The number of carboxylic acids is 1. The van der Waals surface area contributed by atoms with Gasteiger partial charge in [-0.05, 0) is 82.9 Å². The summed E-state index contributed by atoms with van der Waals surface area (Å²) in [6.45, 7) is 10.9. The van der Waals surface area contributed by atoms with Gasteiger partial charge in [0.15, 0.2) is 0 Å². The predicted molar refractivity (Wildman–Crippen MR) is 243 cm³/mol. The fourth-order valence-corrected chi connectivity index (χ4v) is 10.8. The van der Waals surface area contributed by atoms with Crippen LogP contribution in [0.3, 0.4) is 0 Å². The van der Waals surface area contributed by atoms with Crippen molar-refractivity contribution in [2.24, 2.45) is 23.7 Å². The molecule has 4 heterocycles. The summed E-state index contributed by atoms with van der Waals surface area (Å²) in [5.74, 6) is -4.19. The molecule has 356 valence electrons. The number of aryl methyl sites for hydroxylation is 1. The Morgan fingerprint density at radius 3 is 2.45 bits per heavy atom. The number of benzene rings is 1. The predicted octanol–water partition coefficient (Wildman–Crippen LogP) is 5.58. The van der Waals surface area contributed by atoms with Gasteiger partial charge in [0, 0.05) is 57.5 Å². The number of rotatable bonds is 10. The zero-order valence-corrected chi connectivity index (χ0v) is 40.0. The second kappa shape index (κ2) is 20.2. The van der Waals surface area contributed by atoms with Crippen LogP contribution in [0.1, 0.15) is 97.1 Å². The van der Waals surface area contributed by atoms with Crippen molar-refractivity contribution in [1.82, 2.24) is 15.1 Å². The summed E-state index contributed by atoms with van der Waals surface area (Å²) < 4.78 is 18.1. The number of hydrogen-bond donors (Lipinski definition) is 3. The van der Waals surface area contributed by atoms with E-state index in [-0.39, 0.29) is 55.7 Å². The maximum absolute atomic E-state index is 14.3. The second-order valence-corrected chi connectivity index (χ2v) is 20.6. The van der Waals surface area contributed by atoms with Gasteiger partial charge < -0.3 is 34.2 Å². The Labute approximate surface area is 389 Å². The number of amides is 5. The molecule has 5 amide bonds. The van der Waals surface area contributed by atoms with Crippen molar-refractivity contribution in [2.45, 2.75) is 140 Å². The molecule has 5 aliphatic rings. The van der Waals surface area contributed by atoms with E-state index in [2.05, 4.69) is 5.32 Å². The number of likely N-dealkylation sites (N-methyl/N-ethyl adjacent to an activating group) is 1. The molecule has 4 fully saturated rings. The standard InChI is InChI=1S/C47H63ClN4O12S/c1-25-10-9-11-27(3)47(61)23-34(62-45(60)49-47)28(4)41-46(6,64-41)36(22-38(54)51(8)33-20-31(18-25)19-26(2)40(33)48)63-44(59)29(5)50(7)37(53)16-17-65-35-21-39(55)52(42(35)56)24-30-12-14-32(15-13-30)43(57)58/h9-11,19-20,27-30,32,34-36,41,61H,12-18,21-24H2,1-8H3,(H,49,60)(H,57,58)/b11-9+,25-10+. The molecule has 65 heavy (non-hydrogen) atoms. The van der Waals surface area contributed by atoms with E-state index < -0.39 is 88.5 Å². The highest BCUT2D eigenvalue weighted by Gasteiger charge is 2.64. The van der Waals surface area contributed by atoms with Crippen LogP contribution >= 0.6 is 23.4 Å². The minimum Gasteiger partial charge on any atom is -0.481 e. The molecular formula is C47H63ClN4O12S. The summed E-state index contributed by atoms with van der Waals surface area (Å²) in [6.07, 6.45) is 4.66. The van der Waals surface area contributed by atoms with Crippen LogP contribution in [-0.4, -0.2) is 129 Å². The Kier molecular flexibility index (Phi) is 15.5. The van der Waals surface area contributed by atoms with Gasteiger partial charge >= 0.3 is 18.0 Å². The van der Waals surface area contributed by atoms with Crippen LogP contribution in [0.5, 0.6) is 0 Å². The van der Waals surface area contributed by atoms with Crippen LogP contribution in [0.15, 0.2) is 35.9 Å². The van der Waals surface area contributed by atoms with Crippen LogP contribution in [0.25, 0.3) is 0 Å². The molecule has 0 spiro atoms. The van der Waals surface area contributed by atoms with E-state index in [4.69, 9.17) is 25.8 Å². The third kappa shape index (κ3) is 11.2. The lowest BCUT2D eigenvalue weighted by atomic mass is 9.82. The summed E-state index contributed by atoms with van der Waals surface area (Å²) in [4.78, 5) is 96.0. The van der Waals surface area contributed by atoms with E-state index >= 15 is 0 Å². The zero-order chi connectivity index (χ0) is 47.7. The normalized spacial score (nSPS) is 33.8. The lowest BCUT2D eigenvalue weighted by Gasteiger charge is -2.41. The van der Waals surface area contributed by atoms with Gasteiger partial charge in [0.1, 0.15) is 29.6 Å². The van der Waals surface area contributed by atoms with Crippen LogP contribution in [0.4, 0.5) is 10.5 Å². The highest BCUT2D eigenvalue weighted by atomic mass is 35.5. The Hall–Kier alpha value is -4.45. The fourth-order valence-electron chi connectivity index (χ4n) is 9.45. The minimum atomic E-state index is -1.64. The molecule has 4 aliphatic heterocycles. The van der Waals surface area contributed by atoms with Gasteiger partial charge in [0.05, 0.1) is 34.4 Å². The number of thioether (sulfide) groups is 1. The number of allylic oxidation sites excluding steroid dienone is 3. The van der Waals surface area contributed by atoms with Gasteiger partial charge in [-0.25, -0.2) is 9.59 Å². The van der Waals surface area contributed by atoms with Crippen LogP contribution in [0.2, 0.25) is 5.02 Å². The number of fused-ring (bicyclic) bond motifs is 5. The van der Waals surface area contributed by atoms with Crippen LogP contribution in [0, 0.1) is 30.6 Å². The number of epoxide rings is 1. The number of nitrogens with zero attached hydrogens (tertiary/aromatic N) is 3. The quantitative estimate of drug-likeness (QED) is 0.149. The maximum Gasteiger partial charge on any atom is 0.409 e. The molecule has 18 heteroatoms. The number of nitrogens with one attached hydrogen (secondary N) is 1. The van der Waals surface area contributed by atoms with Gasteiger partial charge in [-0.1, -0.05) is 55.3 Å². The molecule has 1 aliphatic carbocycles. The van der Waals surface area contributed by atoms with Crippen molar-refractivity contribution >= 4 is 70.7 Å². The molecule has 4 bridgehead atoms. The van der Waals surface area contributed by atoms with Gasteiger partial charge in [-0.3, -0.25) is 34.2 Å². The largest absolute Gasteiger partial charge is 0.481 e. The molecule has 16 nitrogen and oxygen atoms in total. The minimum absolute atomic E-state index is 0.0160. The second-order valence-electron chi connectivity index (χ2n) is 18.9. The number of carboxylic acid groups (broad SMARTS) is 1. The Balaban J connectivity index is 1.14. The van der Waals surface area contributed by atoms with Crippen molar-refractivity contribution in [2.75, 3.05) is 31.3 Å². The maximum atomic E-state index is 14.3. The monoisotopic (exact) mass is 942 g/mol. The van der Waals surface area contributed by atoms with Gasteiger partial charge in [-0.15, -0.1) is 11.8 Å². The Morgan fingerprint density at radius 1 is 1.08 bits per heavy atom. The first kappa shape index (κ1) is 50.0. The van der Waals surface area contributed by atoms with Gasteiger partial charge in [0.25, 0.3) is 0 Å². The molecular weight excluding hydrogens is 880 g/mol. The number of alkyl carbamates (subject to hydrolysis) is 1. The first-order valence-electron chi connectivity index (χ1n) is 22.5. The third-order valence-electron chi connectivity index (χ3n) is 14.1. The lowest BCUT2D eigenvalue weighted by Crippen LogP contribution is -2.60. The number of esters is 1. The average Bonchev–Trinajstić information content (AvgIpc) is 3.88. The van der Waals surface area contributed by atoms with Gasteiger partial charge in [0.2, 0.25) is 23.6 Å².